The van der Waals surface area contributed by atoms with Crippen LogP contribution in [0.1, 0.15) is 31.1 Å². The molecule has 4 N–H and O–H groups in total. The van der Waals surface area contributed by atoms with E-state index in [9.17, 15) is 19.5 Å². The molecule has 9 heteroatoms. The Kier molecular flexibility index (Phi) is 8.63. The number of ether oxygens (including phenoxy) is 2. The third-order valence-electron chi connectivity index (χ3n) is 6.14. The highest BCUT2D eigenvalue weighted by atomic mass is 16.7. The zero-order valence-electron chi connectivity index (χ0n) is 20.2. The molecule has 0 aromatic heterocycles. The molecule has 192 valence electrons. The van der Waals surface area contributed by atoms with Crippen molar-refractivity contribution in [3.05, 3.63) is 108 Å². The van der Waals surface area contributed by atoms with Gasteiger partial charge in [-0.1, -0.05) is 54.6 Å². The van der Waals surface area contributed by atoms with E-state index < -0.39 is 42.4 Å². The van der Waals surface area contributed by atoms with Crippen LogP contribution in [0.5, 0.6) is 0 Å². The Bertz CT molecular complexity index is 1190. The number of benzene rings is 3. The van der Waals surface area contributed by atoms with Crippen LogP contribution in [0.2, 0.25) is 0 Å². The van der Waals surface area contributed by atoms with Crippen molar-refractivity contribution >= 4 is 17.7 Å². The average Bonchev–Trinajstić information content (AvgIpc) is 2.95. The quantitative estimate of drug-likeness (QED) is 0.371. The zero-order chi connectivity index (χ0) is 26.2. The van der Waals surface area contributed by atoms with Gasteiger partial charge >= 0.3 is 0 Å². The van der Waals surface area contributed by atoms with E-state index in [2.05, 4.69) is 16.0 Å². The van der Waals surface area contributed by atoms with Gasteiger partial charge in [-0.2, -0.15) is 0 Å². The third-order valence-corrected chi connectivity index (χ3v) is 6.14. The van der Waals surface area contributed by atoms with Crippen molar-refractivity contribution in [1.29, 1.82) is 0 Å². The summed E-state index contributed by atoms with van der Waals surface area (Å²) in [4.78, 5) is 38.5. The highest BCUT2D eigenvalue weighted by molar-refractivity contribution is 5.96. The summed E-state index contributed by atoms with van der Waals surface area (Å²) < 4.78 is 11.5. The number of hydrogen-bond donors (Lipinski definition) is 4. The lowest BCUT2D eigenvalue weighted by Gasteiger charge is -2.44. The number of nitrogens with one attached hydrogen (secondary N) is 3. The average molecular weight is 504 g/mol. The van der Waals surface area contributed by atoms with Crippen LogP contribution < -0.4 is 16.0 Å². The molecule has 1 aliphatic heterocycles. The van der Waals surface area contributed by atoms with Crippen LogP contribution in [-0.4, -0.2) is 67.1 Å². The number of carbonyl (C=O) groups is 3. The normalized spacial score (nSPS) is 23.0. The molecule has 37 heavy (non-hydrogen) atoms. The van der Waals surface area contributed by atoms with Gasteiger partial charge in [0.1, 0.15) is 18.2 Å². The maximum absolute atomic E-state index is 13.0. The summed E-state index contributed by atoms with van der Waals surface area (Å²) in [6.07, 6.45) is -3.23. The van der Waals surface area contributed by atoms with Gasteiger partial charge < -0.3 is 30.5 Å². The van der Waals surface area contributed by atoms with Crippen LogP contribution in [-0.2, 0) is 9.47 Å². The minimum atomic E-state index is -1.28. The second-order valence-corrected chi connectivity index (χ2v) is 8.58. The lowest BCUT2D eigenvalue weighted by atomic mass is 9.92. The van der Waals surface area contributed by atoms with E-state index in [0.717, 1.165) is 0 Å². The molecule has 9 nitrogen and oxygen atoms in total. The van der Waals surface area contributed by atoms with E-state index in [1.807, 2.05) is 0 Å². The first kappa shape index (κ1) is 26.0. The minimum absolute atomic E-state index is 0.0498. The van der Waals surface area contributed by atoms with Crippen molar-refractivity contribution in [2.45, 2.75) is 30.6 Å². The van der Waals surface area contributed by atoms with Crippen LogP contribution in [0.4, 0.5) is 0 Å². The van der Waals surface area contributed by atoms with Gasteiger partial charge in [0.15, 0.2) is 6.29 Å². The van der Waals surface area contributed by atoms with E-state index >= 15 is 0 Å². The van der Waals surface area contributed by atoms with Gasteiger partial charge in [0.05, 0.1) is 6.04 Å². The maximum Gasteiger partial charge on any atom is 0.251 e. The van der Waals surface area contributed by atoms with Crippen LogP contribution >= 0.6 is 0 Å². The summed E-state index contributed by atoms with van der Waals surface area (Å²) in [5.74, 6) is -1.19. The van der Waals surface area contributed by atoms with E-state index in [0.29, 0.717) is 16.7 Å². The molecule has 1 heterocycles. The first-order chi connectivity index (χ1) is 18.0. The highest BCUT2D eigenvalue weighted by Gasteiger charge is 2.47. The lowest BCUT2D eigenvalue weighted by molar-refractivity contribution is -0.229. The molecule has 3 aromatic carbocycles. The number of carbonyl (C=O) groups excluding carboxylic acids is 3. The van der Waals surface area contributed by atoms with Crippen molar-refractivity contribution in [2.75, 3.05) is 13.7 Å². The predicted molar refractivity (Wildman–Crippen MR) is 136 cm³/mol. The Morgan fingerprint density at radius 3 is 1.62 bits per heavy atom. The smallest absolute Gasteiger partial charge is 0.251 e. The van der Waals surface area contributed by atoms with Gasteiger partial charge in [0.2, 0.25) is 0 Å². The second kappa shape index (κ2) is 12.3. The van der Waals surface area contributed by atoms with Crippen LogP contribution in [0, 0.1) is 0 Å². The molecule has 1 saturated heterocycles. The Hall–Kier alpha value is -4.05. The van der Waals surface area contributed by atoms with Gasteiger partial charge in [0.25, 0.3) is 17.7 Å². The molecule has 1 fully saturated rings. The molecular weight excluding hydrogens is 474 g/mol. The van der Waals surface area contributed by atoms with Crippen molar-refractivity contribution in [3.63, 3.8) is 0 Å². The lowest BCUT2D eigenvalue weighted by Crippen LogP contribution is -2.70. The molecule has 0 aliphatic carbocycles. The first-order valence-corrected chi connectivity index (χ1v) is 11.9. The minimum Gasteiger partial charge on any atom is -0.388 e. The predicted octanol–water partition coefficient (Wildman–Crippen LogP) is 1.75. The van der Waals surface area contributed by atoms with Crippen molar-refractivity contribution in [2.24, 2.45) is 0 Å². The van der Waals surface area contributed by atoms with E-state index in [4.69, 9.17) is 9.47 Å². The van der Waals surface area contributed by atoms with Crippen LogP contribution in [0.15, 0.2) is 91.0 Å². The van der Waals surface area contributed by atoms with Crippen LogP contribution in [0.25, 0.3) is 0 Å². The van der Waals surface area contributed by atoms with Gasteiger partial charge in [0, 0.05) is 30.3 Å². The maximum atomic E-state index is 13.0. The van der Waals surface area contributed by atoms with Gasteiger partial charge in [-0.3, -0.25) is 14.4 Å². The molecule has 5 unspecified atom stereocenters. The summed E-state index contributed by atoms with van der Waals surface area (Å²) in [6, 6.07) is 23.8. The fourth-order valence-corrected chi connectivity index (χ4v) is 4.19. The molecule has 0 saturated carbocycles. The number of aliphatic hydroxyl groups excluding tert-OH is 1. The molecule has 0 bridgehead atoms. The molecular formula is C28H29N3O6. The van der Waals surface area contributed by atoms with E-state index in [1.54, 1.807) is 91.0 Å². The van der Waals surface area contributed by atoms with Gasteiger partial charge in [-0.15, -0.1) is 0 Å². The Morgan fingerprint density at radius 1 is 0.730 bits per heavy atom. The Balaban J connectivity index is 1.55. The summed E-state index contributed by atoms with van der Waals surface area (Å²) in [5.41, 5.74) is 1.24. The summed E-state index contributed by atoms with van der Waals surface area (Å²) in [7, 11) is 1.40. The highest BCUT2D eigenvalue weighted by Crippen LogP contribution is 2.23. The molecule has 0 spiro atoms. The molecule has 3 aromatic rings. The second-order valence-electron chi connectivity index (χ2n) is 8.58. The fraction of sp³-hybridized carbons (Fsp3) is 0.250. The number of aliphatic hydroxyl groups is 1. The zero-order valence-corrected chi connectivity index (χ0v) is 20.2. The van der Waals surface area contributed by atoms with E-state index in [-0.39, 0.29) is 12.5 Å². The third kappa shape index (κ3) is 6.39. The van der Waals surface area contributed by atoms with Crippen molar-refractivity contribution in [3.8, 4) is 0 Å². The number of hydrogen-bond acceptors (Lipinski definition) is 6. The number of amides is 3. The monoisotopic (exact) mass is 503 g/mol. The Labute approximate surface area is 214 Å². The topological polar surface area (TPSA) is 126 Å². The Morgan fingerprint density at radius 2 is 1.16 bits per heavy atom. The van der Waals surface area contributed by atoms with Gasteiger partial charge in [-0.25, -0.2) is 0 Å². The van der Waals surface area contributed by atoms with Crippen molar-refractivity contribution in [1.82, 2.24) is 16.0 Å². The molecule has 1 aliphatic rings. The first-order valence-electron chi connectivity index (χ1n) is 11.9. The summed E-state index contributed by atoms with van der Waals surface area (Å²) >= 11 is 0. The molecule has 4 rings (SSSR count). The van der Waals surface area contributed by atoms with Crippen LogP contribution in [0.3, 0.4) is 0 Å². The molecule has 3 amide bonds. The number of methoxy groups -OCH3 is 1. The molecule has 0 radical (unpaired) electrons. The molecule has 5 atom stereocenters. The number of rotatable bonds is 8. The summed E-state index contributed by atoms with van der Waals surface area (Å²) in [6.45, 7) is -0.0498. The largest absolute Gasteiger partial charge is 0.388 e. The summed E-state index contributed by atoms with van der Waals surface area (Å²) in [5, 5.41) is 19.7. The van der Waals surface area contributed by atoms with Crippen molar-refractivity contribution < 1.29 is 29.0 Å². The van der Waals surface area contributed by atoms with E-state index in [1.165, 1.54) is 7.11 Å². The van der Waals surface area contributed by atoms with Gasteiger partial charge in [-0.05, 0) is 36.4 Å². The SMILES string of the molecule is COC1OC(CNC(=O)c2ccccc2)C(O)C(NC(=O)c2ccccc2)C1NC(=O)c1ccccc1. The standard InChI is InChI=1S/C28H29N3O6/c1-36-28-23(31-27(35)20-15-9-4-10-16-20)22(30-26(34)19-13-7-3-8-14-19)24(32)21(37-28)17-29-25(33)18-11-5-2-6-12-18/h2-16,21-24,28,32H,17H2,1H3,(H,29,33)(H,30,34)(H,31,35). The fourth-order valence-electron chi connectivity index (χ4n) is 4.19.